The number of sulfone groups is 1. The number of methoxy groups -OCH3 is 1. The molecular formula is C21H17FN4O4S. The van der Waals surface area contributed by atoms with Gasteiger partial charge in [0.25, 0.3) is 5.91 Å². The van der Waals surface area contributed by atoms with Crippen molar-refractivity contribution >= 4 is 26.8 Å². The molecule has 0 unspecified atom stereocenters. The van der Waals surface area contributed by atoms with Crippen LogP contribution in [0.2, 0.25) is 0 Å². The van der Waals surface area contributed by atoms with Crippen LogP contribution in [-0.2, 0) is 16.4 Å². The summed E-state index contributed by atoms with van der Waals surface area (Å²) in [6, 6.07) is 11.5. The number of nitrogens with zero attached hydrogens (tertiary/aromatic N) is 2. The Balaban J connectivity index is 1.48. The molecule has 158 valence electrons. The van der Waals surface area contributed by atoms with Crippen LogP contribution in [0.1, 0.15) is 15.9 Å². The van der Waals surface area contributed by atoms with Gasteiger partial charge < -0.3 is 10.1 Å². The first-order valence-electron chi connectivity index (χ1n) is 9.14. The lowest BCUT2D eigenvalue weighted by molar-refractivity contribution is 0.0950. The van der Waals surface area contributed by atoms with E-state index in [0.717, 1.165) is 0 Å². The van der Waals surface area contributed by atoms with Crippen LogP contribution >= 0.6 is 0 Å². The fraction of sp³-hybridized carbons (Fsp3) is 0.0952. The highest BCUT2D eigenvalue weighted by molar-refractivity contribution is 7.91. The van der Waals surface area contributed by atoms with Crippen molar-refractivity contribution in [3.8, 4) is 5.75 Å². The summed E-state index contributed by atoms with van der Waals surface area (Å²) in [6.45, 7) is 0.177. The summed E-state index contributed by atoms with van der Waals surface area (Å²) >= 11 is 0. The van der Waals surface area contributed by atoms with Crippen LogP contribution in [0, 0.1) is 5.82 Å². The fourth-order valence-electron chi connectivity index (χ4n) is 3.01. The molecule has 10 heteroatoms. The normalized spacial score (nSPS) is 11.4. The molecular weight excluding hydrogens is 423 g/mol. The minimum Gasteiger partial charge on any atom is -0.494 e. The van der Waals surface area contributed by atoms with Gasteiger partial charge in [0.1, 0.15) is 4.90 Å². The number of pyridine rings is 1. The maximum Gasteiger partial charge on any atom is 0.253 e. The molecule has 4 aromatic rings. The van der Waals surface area contributed by atoms with Gasteiger partial charge in [-0.25, -0.2) is 17.8 Å². The molecule has 2 heterocycles. The van der Waals surface area contributed by atoms with Gasteiger partial charge in [-0.2, -0.15) is 5.10 Å². The number of aromatic nitrogens is 3. The molecule has 0 saturated carbocycles. The zero-order valence-electron chi connectivity index (χ0n) is 16.3. The van der Waals surface area contributed by atoms with E-state index in [2.05, 4.69) is 20.5 Å². The van der Waals surface area contributed by atoms with E-state index in [1.807, 2.05) is 0 Å². The van der Waals surface area contributed by atoms with Gasteiger partial charge in [-0.05, 0) is 35.9 Å². The maximum atomic E-state index is 14.4. The van der Waals surface area contributed by atoms with Crippen molar-refractivity contribution in [2.45, 2.75) is 16.3 Å². The van der Waals surface area contributed by atoms with Crippen molar-refractivity contribution in [2.75, 3.05) is 7.11 Å². The summed E-state index contributed by atoms with van der Waals surface area (Å²) in [5, 5.41) is 10.0. The Bertz CT molecular complexity index is 1370. The van der Waals surface area contributed by atoms with Crippen LogP contribution in [0.5, 0.6) is 5.75 Å². The first-order valence-corrected chi connectivity index (χ1v) is 10.6. The fourth-order valence-corrected chi connectivity index (χ4v) is 4.36. The van der Waals surface area contributed by atoms with Gasteiger partial charge in [-0.1, -0.05) is 18.2 Å². The topological polar surface area (TPSA) is 114 Å². The highest BCUT2D eigenvalue weighted by Gasteiger charge is 2.24. The molecule has 0 atom stereocenters. The number of ether oxygens (including phenoxy) is 1. The molecule has 4 rings (SSSR count). The molecule has 0 aliphatic heterocycles. The number of amides is 1. The summed E-state index contributed by atoms with van der Waals surface area (Å²) < 4.78 is 44.9. The Kier molecular flexibility index (Phi) is 5.38. The second-order valence-corrected chi connectivity index (χ2v) is 8.55. The highest BCUT2D eigenvalue weighted by Crippen LogP contribution is 2.28. The average molecular weight is 440 g/mol. The predicted octanol–water partition coefficient (Wildman–Crippen LogP) is 2.87. The van der Waals surface area contributed by atoms with Gasteiger partial charge in [0, 0.05) is 18.1 Å². The number of hydrogen-bond acceptors (Lipinski definition) is 6. The van der Waals surface area contributed by atoms with Crippen LogP contribution in [-0.4, -0.2) is 36.6 Å². The SMILES string of the molecule is COc1cccc(S(=O)(=O)c2ccc(CNC(=O)c3cnc4[nH]ncc4c3)cc2)c1F. The molecule has 0 spiro atoms. The third-order valence-electron chi connectivity index (χ3n) is 4.68. The summed E-state index contributed by atoms with van der Waals surface area (Å²) in [6.07, 6.45) is 3.01. The molecule has 31 heavy (non-hydrogen) atoms. The van der Waals surface area contributed by atoms with Gasteiger partial charge in [-0.3, -0.25) is 9.89 Å². The zero-order chi connectivity index (χ0) is 22.0. The van der Waals surface area contributed by atoms with E-state index in [0.29, 0.717) is 22.2 Å². The number of nitrogens with one attached hydrogen (secondary N) is 2. The van der Waals surface area contributed by atoms with E-state index < -0.39 is 20.5 Å². The Hall–Kier alpha value is -3.79. The first kappa shape index (κ1) is 20.5. The van der Waals surface area contributed by atoms with Crippen molar-refractivity contribution < 1.29 is 22.3 Å². The Morgan fingerprint density at radius 1 is 1.16 bits per heavy atom. The molecule has 0 fully saturated rings. The molecule has 0 bridgehead atoms. The van der Waals surface area contributed by atoms with E-state index in [9.17, 15) is 17.6 Å². The smallest absolute Gasteiger partial charge is 0.253 e. The molecule has 2 aromatic carbocycles. The lowest BCUT2D eigenvalue weighted by atomic mass is 10.2. The maximum absolute atomic E-state index is 14.4. The van der Waals surface area contributed by atoms with Crippen LogP contribution < -0.4 is 10.1 Å². The Morgan fingerprint density at radius 2 is 1.94 bits per heavy atom. The number of benzene rings is 2. The number of fused-ring (bicyclic) bond motifs is 1. The quantitative estimate of drug-likeness (QED) is 0.477. The van der Waals surface area contributed by atoms with Crippen molar-refractivity contribution in [1.29, 1.82) is 0 Å². The molecule has 0 aliphatic rings. The van der Waals surface area contributed by atoms with Crippen LogP contribution in [0.15, 0.2) is 70.7 Å². The summed E-state index contributed by atoms with van der Waals surface area (Å²) in [5.41, 5.74) is 1.64. The molecule has 0 saturated heterocycles. The van der Waals surface area contributed by atoms with Crippen LogP contribution in [0.25, 0.3) is 11.0 Å². The average Bonchev–Trinajstić information content (AvgIpc) is 3.25. The summed E-state index contributed by atoms with van der Waals surface area (Å²) in [5.74, 6) is -1.42. The molecule has 2 N–H and O–H groups in total. The summed E-state index contributed by atoms with van der Waals surface area (Å²) in [7, 11) is -2.80. The van der Waals surface area contributed by atoms with E-state index in [1.165, 1.54) is 43.6 Å². The zero-order valence-corrected chi connectivity index (χ0v) is 17.1. The number of carbonyl (C=O) groups is 1. The number of H-pyrrole nitrogens is 1. The minimum absolute atomic E-state index is 0.0654. The highest BCUT2D eigenvalue weighted by atomic mass is 32.2. The second-order valence-electron chi connectivity index (χ2n) is 6.63. The standard InChI is InChI=1S/C21H17FN4O4S/c1-30-17-3-2-4-18(19(17)22)31(28,29)16-7-5-13(6-8-16)10-24-21(27)15-9-14-12-25-26-20(14)23-11-15/h2-9,11-12H,10H2,1H3,(H,24,27)(H,23,25,26). The third-order valence-corrected chi connectivity index (χ3v) is 6.46. The van der Waals surface area contributed by atoms with Gasteiger partial charge in [0.05, 0.1) is 23.8 Å². The monoisotopic (exact) mass is 440 g/mol. The molecule has 8 nitrogen and oxygen atoms in total. The van der Waals surface area contributed by atoms with Crippen molar-refractivity contribution in [3.63, 3.8) is 0 Å². The van der Waals surface area contributed by atoms with Crippen LogP contribution in [0.3, 0.4) is 0 Å². The number of hydrogen-bond donors (Lipinski definition) is 2. The van der Waals surface area contributed by atoms with E-state index in [4.69, 9.17) is 4.74 Å². The number of carbonyl (C=O) groups excluding carboxylic acids is 1. The lowest BCUT2D eigenvalue weighted by Gasteiger charge is -2.10. The molecule has 0 radical (unpaired) electrons. The van der Waals surface area contributed by atoms with E-state index in [-0.39, 0.29) is 23.1 Å². The third kappa shape index (κ3) is 3.97. The van der Waals surface area contributed by atoms with Gasteiger partial charge >= 0.3 is 0 Å². The van der Waals surface area contributed by atoms with E-state index in [1.54, 1.807) is 24.4 Å². The number of rotatable bonds is 6. The van der Waals surface area contributed by atoms with Gasteiger partial charge in [-0.15, -0.1) is 0 Å². The van der Waals surface area contributed by atoms with Crippen LogP contribution in [0.4, 0.5) is 4.39 Å². The first-order chi connectivity index (χ1) is 14.9. The Morgan fingerprint density at radius 3 is 2.68 bits per heavy atom. The second kappa shape index (κ2) is 8.15. The van der Waals surface area contributed by atoms with Crippen molar-refractivity contribution in [1.82, 2.24) is 20.5 Å². The number of aromatic amines is 1. The van der Waals surface area contributed by atoms with Crippen molar-refractivity contribution in [3.05, 3.63) is 77.9 Å². The van der Waals surface area contributed by atoms with Gasteiger partial charge in [0.2, 0.25) is 9.84 Å². The number of halogens is 1. The molecule has 2 aromatic heterocycles. The van der Waals surface area contributed by atoms with Gasteiger partial charge in [0.15, 0.2) is 17.2 Å². The van der Waals surface area contributed by atoms with Crippen molar-refractivity contribution in [2.24, 2.45) is 0 Å². The van der Waals surface area contributed by atoms with E-state index >= 15 is 0 Å². The predicted molar refractivity (Wildman–Crippen MR) is 110 cm³/mol. The minimum atomic E-state index is -4.07. The molecule has 0 aliphatic carbocycles. The lowest BCUT2D eigenvalue weighted by Crippen LogP contribution is -2.22. The molecule has 1 amide bonds. The summed E-state index contributed by atoms with van der Waals surface area (Å²) in [4.78, 5) is 16.0. The Labute approximate surface area is 177 Å². The largest absolute Gasteiger partial charge is 0.494 e.